The van der Waals surface area contributed by atoms with Gasteiger partial charge in [-0.25, -0.2) is 4.99 Å². The normalized spacial score (nSPS) is 15.6. The Bertz CT molecular complexity index is 1330. The van der Waals surface area contributed by atoms with Crippen molar-refractivity contribution in [1.82, 2.24) is 4.90 Å². The molecule has 0 radical (unpaired) electrons. The van der Waals surface area contributed by atoms with Crippen LogP contribution in [0.2, 0.25) is 15.1 Å². The SMILES string of the molecule is CCCN1C(=O)/C(=C/c2cc(Cl)c(OCc3ccc(Cl)cc3)c(OCC)c2)SC1=Nc1ccc(Cl)cc1. The predicted octanol–water partition coefficient (Wildman–Crippen LogP) is 8.64. The first kappa shape index (κ1) is 27.4. The van der Waals surface area contributed by atoms with E-state index in [0.29, 0.717) is 56.4 Å². The van der Waals surface area contributed by atoms with Crippen LogP contribution in [0.25, 0.3) is 6.08 Å². The molecule has 1 aliphatic heterocycles. The van der Waals surface area contributed by atoms with E-state index in [4.69, 9.17) is 44.3 Å². The summed E-state index contributed by atoms with van der Waals surface area (Å²) < 4.78 is 11.8. The summed E-state index contributed by atoms with van der Waals surface area (Å²) in [6, 6.07) is 18.2. The molecular formula is C28H25Cl3N2O3S. The van der Waals surface area contributed by atoms with E-state index in [1.807, 2.05) is 56.3 Å². The molecule has 1 saturated heterocycles. The van der Waals surface area contributed by atoms with Gasteiger partial charge in [-0.05, 0) is 90.8 Å². The van der Waals surface area contributed by atoms with Crippen LogP contribution in [0.15, 0.2) is 70.6 Å². The molecule has 0 spiro atoms. The highest BCUT2D eigenvalue weighted by Crippen LogP contribution is 2.40. The van der Waals surface area contributed by atoms with E-state index in [1.165, 1.54) is 11.8 Å². The number of amides is 1. The number of halogens is 3. The van der Waals surface area contributed by atoms with Gasteiger partial charge in [0.25, 0.3) is 5.91 Å². The second-order valence-corrected chi connectivity index (χ2v) is 10.4. The van der Waals surface area contributed by atoms with E-state index in [9.17, 15) is 4.79 Å². The van der Waals surface area contributed by atoms with Crippen molar-refractivity contribution >= 4 is 69.4 Å². The zero-order chi connectivity index (χ0) is 26.4. The van der Waals surface area contributed by atoms with Crippen molar-refractivity contribution in [3.63, 3.8) is 0 Å². The summed E-state index contributed by atoms with van der Waals surface area (Å²) in [6.07, 6.45) is 2.61. The van der Waals surface area contributed by atoms with E-state index >= 15 is 0 Å². The molecule has 9 heteroatoms. The standard InChI is InChI=1S/C28H25Cl3N2O3S/c1-3-13-33-27(34)25(37-28(33)32-22-11-9-21(30)10-12-22)16-19-14-23(31)26(24(15-19)35-4-2)36-17-18-5-7-20(29)8-6-18/h5-12,14-16H,3-4,13,17H2,1-2H3/b25-16-,32-28?. The summed E-state index contributed by atoms with van der Waals surface area (Å²) in [5.74, 6) is 0.854. The Hall–Kier alpha value is -2.64. The summed E-state index contributed by atoms with van der Waals surface area (Å²) >= 11 is 19.9. The molecule has 0 N–H and O–H groups in total. The molecule has 5 nitrogen and oxygen atoms in total. The van der Waals surface area contributed by atoms with Crippen molar-refractivity contribution in [3.8, 4) is 11.5 Å². The zero-order valence-corrected chi connectivity index (χ0v) is 23.4. The van der Waals surface area contributed by atoms with Gasteiger partial charge < -0.3 is 9.47 Å². The highest BCUT2D eigenvalue weighted by molar-refractivity contribution is 8.18. The van der Waals surface area contributed by atoms with E-state index in [0.717, 1.165) is 23.2 Å². The first-order valence-corrected chi connectivity index (χ1v) is 13.7. The van der Waals surface area contributed by atoms with Crippen LogP contribution in [-0.4, -0.2) is 29.1 Å². The molecule has 4 rings (SSSR count). The summed E-state index contributed by atoms with van der Waals surface area (Å²) in [7, 11) is 0. The molecule has 1 aliphatic rings. The minimum Gasteiger partial charge on any atom is -0.490 e. The van der Waals surface area contributed by atoms with Crippen molar-refractivity contribution in [2.24, 2.45) is 4.99 Å². The number of benzene rings is 3. The lowest BCUT2D eigenvalue weighted by Gasteiger charge is -2.15. The molecule has 1 fully saturated rings. The van der Waals surface area contributed by atoms with Gasteiger partial charge in [0.05, 0.1) is 22.2 Å². The van der Waals surface area contributed by atoms with Gasteiger partial charge in [-0.3, -0.25) is 9.69 Å². The maximum Gasteiger partial charge on any atom is 0.266 e. The molecule has 1 amide bonds. The Morgan fingerprint density at radius 1 is 0.946 bits per heavy atom. The minimum atomic E-state index is -0.100. The van der Waals surface area contributed by atoms with Gasteiger partial charge in [0.1, 0.15) is 6.61 Å². The Balaban J connectivity index is 1.61. The molecule has 192 valence electrons. The lowest BCUT2D eigenvalue weighted by atomic mass is 10.1. The van der Waals surface area contributed by atoms with Crippen LogP contribution in [0.1, 0.15) is 31.4 Å². The molecular weight excluding hydrogens is 551 g/mol. The van der Waals surface area contributed by atoms with Gasteiger partial charge in [0.15, 0.2) is 16.7 Å². The summed E-state index contributed by atoms with van der Waals surface area (Å²) in [4.78, 5) is 20.2. The first-order valence-electron chi connectivity index (χ1n) is 11.8. The third kappa shape index (κ3) is 7.02. The summed E-state index contributed by atoms with van der Waals surface area (Å²) in [6.45, 7) is 5.22. The molecule has 0 atom stereocenters. The van der Waals surface area contributed by atoms with Crippen molar-refractivity contribution in [2.75, 3.05) is 13.2 Å². The number of amidine groups is 1. The molecule has 0 aliphatic carbocycles. The number of hydrogen-bond acceptors (Lipinski definition) is 5. The Morgan fingerprint density at radius 2 is 1.62 bits per heavy atom. The number of nitrogens with zero attached hydrogens (tertiary/aromatic N) is 2. The van der Waals surface area contributed by atoms with Gasteiger partial charge in [0.2, 0.25) is 0 Å². The average Bonchev–Trinajstić information content (AvgIpc) is 3.15. The molecule has 37 heavy (non-hydrogen) atoms. The molecule has 0 unspecified atom stereocenters. The van der Waals surface area contributed by atoms with Crippen molar-refractivity contribution in [1.29, 1.82) is 0 Å². The maximum atomic E-state index is 13.2. The number of thioether (sulfide) groups is 1. The van der Waals surface area contributed by atoms with Crippen LogP contribution in [0.4, 0.5) is 5.69 Å². The fourth-order valence-electron chi connectivity index (χ4n) is 3.60. The van der Waals surface area contributed by atoms with Crippen LogP contribution in [-0.2, 0) is 11.4 Å². The number of ether oxygens (including phenoxy) is 2. The van der Waals surface area contributed by atoms with Gasteiger partial charge in [-0.15, -0.1) is 0 Å². The fourth-order valence-corrected chi connectivity index (χ4v) is 5.15. The molecule has 0 aromatic heterocycles. The topological polar surface area (TPSA) is 51.1 Å². The third-order valence-electron chi connectivity index (χ3n) is 5.31. The first-order chi connectivity index (χ1) is 17.9. The van der Waals surface area contributed by atoms with Gasteiger partial charge in [-0.2, -0.15) is 0 Å². The van der Waals surface area contributed by atoms with Crippen LogP contribution in [0, 0.1) is 0 Å². The quantitative estimate of drug-likeness (QED) is 0.240. The van der Waals surface area contributed by atoms with Crippen molar-refractivity contribution in [2.45, 2.75) is 26.9 Å². The van der Waals surface area contributed by atoms with Crippen LogP contribution in [0.3, 0.4) is 0 Å². The largest absolute Gasteiger partial charge is 0.490 e. The Labute approximate surface area is 236 Å². The van der Waals surface area contributed by atoms with E-state index < -0.39 is 0 Å². The maximum absolute atomic E-state index is 13.2. The molecule has 3 aromatic rings. The number of carbonyl (C=O) groups is 1. The fraction of sp³-hybridized carbons (Fsp3) is 0.214. The number of rotatable bonds is 9. The van der Waals surface area contributed by atoms with Gasteiger partial charge in [-0.1, -0.05) is 53.9 Å². The lowest BCUT2D eigenvalue weighted by molar-refractivity contribution is -0.122. The van der Waals surface area contributed by atoms with Crippen LogP contribution in [0.5, 0.6) is 11.5 Å². The highest BCUT2D eigenvalue weighted by Gasteiger charge is 2.33. The Morgan fingerprint density at radius 3 is 2.27 bits per heavy atom. The smallest absolute Gasteiger partial charge is 0.266 e. The second-order valence-electron chi connectivity index (χ2n) is 8.12. The Kier molecular flexibility index (Phi) is 9.43. The van der Waals surface area contributed by atoms with Gasteiger partial charge >= 0.3 is 0 Å². The number of carbonyl (C=O) groups excluding carboxylic acids is 1. The molecule has 1 heterocycles. The average molecular weight is 576 g/mol. The van der Waals surface area contributed by atoms with Crippen LogP contribution >= 0.6 is 46.6 Å². The van der Waals surface area contributed by atoms with Crippen molar-refractivity contribution in [3.05, 3.63) is 91.8 Å². The van der Waals surface area contributed by atoms with E-state index in [2.05, 4.69) is 4.99 Å². The monoisotopic (exact) mass is 574 g/mol. The van der Waals surface area contributed by atoms with Gasteiger partial charge in [0, 0.05) is 16.6 Å². The molecule has 0 saturated carbocycles. The second kappa shape index (κ2) is 12.7. The van der Waals surface area contributed by atoms with E-state index in [-0.39, 0.29) is 5.91 Å². The van der Waals surface area contributed by atoms with Crippen molar-refractivity contribution < 1.29 is 14.3 Å². The third-order valence-corrected chi connectivity index (χ3v) is 7.10. The minimum absolute atomic E-state index is 0.100. The predicted molar refractivity (Wildman–Crippen MR) is 155 cm³/mol. The zero-order valence-electron chi connectivity index (χ0n) is 20.3. The number of hydrogen-bond donors (Lipinski definition) is 0. The molecule has 3 aromatic carbocycles. The van der Waals surface area contributed by atoms with Crippen LogP contribution < -0.4 is 9.47 Å². The molecule has 0 bridgehead atoms. The summed E-state index contributed by atoms with van der Waals surface area (Å²) in [5.41, 5.74) is 2.41. The highest BCUT2D eigenvalue weighted by atomic mass is 35.5. The lowest BCUT2D eigenvalue weighted by Crippen LogP contribution is -2.29. The number of aliphatic imine (C=N–C) groups is 1. The summed E-state index contributed by atoms with van der Waals surface area (Å²) in [5, 5.41) is 2.31. The van der Waals surface area contributed by atoms with E-state index in [1.54, 1.807) is 29.2 Å².